The standard InChI is InChI=1S/C14H17FN4O2/c1-3-6-19-9-17-18-13(19)8-16-12-7-10(14(20)21-2)4-5-11(12)15/h4-5,7,9,16H,3,6,8H2,1-2H3. The summed E-state index contributed by atoms with van der Waals surface area (Å²) in [4.78, 5) is 11.5. The van der Waals surface area contributed by atoms with Gasteiger partial charge in [0.05, 0.1) is 24.9 Å². The first-order valence-electron chi connectivity index (χ1n) is 6.64. The van der Waals surface area contributed by atoms with Crippen LogP contribution < -0.4 is 5.32 Å². The molecule has 2 aromatic rings. The van der Waals surface area contributed by atoms with Crippen LogP contribution in [-0.2, 0) is 17.8 Å². The summed E-state index contributed by atoms with van der Waals surface area (Å²) in [6, 6.07) is 4.03. The van der Waals surface area contributed by atoms with Gasteiger partial charge in [-0.05, 0) is 24.6 Å². The molecule has 0 unspecified atom stereocenters. The minimum Gasteiger partial charge on any atom is -0.465 e. The first kappa shape index (κ1) is 15.0. The molecular weight excluding hydrogens is 275 g/mol. The Balaban J connectivity index is 2.12. The molecule has 0 fully saturated rings. The SMILES string of the molecule is CCCn1cnnc1CNc1cc(C(=O)OC)ccc1F. The van der Waals surface area contributed by atoms with Crippen molar-refractivity contribution in [2.75, 3.05) is 12.4 Å². The van der Waals surface area contributed by atoms with Crippen LogP contribution >= 0.6 is 0 Å². The molecule has 0 saturated carbocycles. The minimum absolute atomic E-state index is 0.226. The number of hydrogen-bond donors (Lipinski definition) is 1. The number of carbonyl (C=O) groups excluding carboxylic acids is 1. The third-order valence-corrected chi connectivity index (χ3v) is 2.98. The van der Waals surface area contributed by atoms with E-state index in [0.29, 0.717) is 12.4 Å². The molecule has 112 valence electrons. The summed E-state index contributed by atoms with van der Waals surface area (Å²) < 4.78 is 20.3. The molecule has 0 saturated heterocycles. The summed E-state index contributed by atoms with van der Waals surface area (Å²) in [6.45, 7) is 3.17. The summed E-state index contributed by atoms with van der Waals surface area (Å²) in [7, 11) is 1.28. The number of nitrogens with one attached hydrogen (secondary N) is 1. The quantitative estimate of drug-likeness (QED) is 0.827. The third kappa shape index (κ3) is 3.56. The second kappa shape index (κ2) is 6.83. The maximum absolute atomic E-state index is 13.8. The number of hydrogen-bond acceptors (Lipinski definition) is 5. The van der Waals surface area contributed by atoms with Crippen molar-refractivity contribution in [1.82, 2.24) is 14.8 Å². The van der Waals surface area contributed by atoms with Gasteiger partial charge in [-0.1, -0.05) is 6.92 Å². The maximum atomic E-state index is 13.8. The average Bonchev–Trinajstić information content (AvgIpc) is 2.93. The van der Waals surface area contributed by atoms with Crippen LogP contribution in [0, 0.1) is 5.82 Å². The molecule has 0 amide bonds. The van der Waals surface area contributed by atoms with E-state index in [1.54, 1.807) is 6.33 Å². The van der Waals surface area contributed by atoms with Gasteiger partial charge in [-0.25, -0.2) is 9.18 Å². The fourth-order valence-corrected chi connectivity index (χ4v) is 1.92. The molecular formula is C14H17FN4O2. The Labute approximate surface area is 121 Å². The Morgan fingerprint density at radius 3 is 3.00 bits per heavy atom. The van der Waals surface area contributed by atoms with E-state index < -0.39 is 11.8 Å². The van der Waals surface area contributed by atoms with E-state index in [2.05, 4.69) is 27.2 Å². The van der Waals surface area contributed by atoms with Gasteiger partial charge in [-0.2, -0.15) is 0 Å². The van der Waals surface area contributed by atoms with Gasteiger partial charge < -0.3 is 14.6 Å². The van der Waals surface area contributed by atoms with E-state index in [9.17, 15) is 9.18 Å². The van der Waals surface area contributed by atoms with Gasteiger partial charge in [0.2, 0.25) is 0 Å². The van der Waals surface area contributed by atoms with Gasteiger partial charge in [0.15, 0.2) is 5.82 Å². The average molecular weight is 292 g/mol. The molecule has 21 heavy (non-hydrogen) atoms. The summed E-state index contributed by atoms with van der Waals surface area (Å²) in [6.07, 6.45) is 2.60. The van der Waals surface area contributed by atoms with Crippen molar-refractivity contribution in [3.8, 4) is 0 Å². The molecule has 1 aromatic carbocycles. The smallest absolute Gasteiger partial charge is 0.337 e. The zero-order chi connectivity index (χ0) is 15.2. The molecule has 0 radical (unpaired) electrons. The minimum atomic E-state index is -0.507. The normalized spacial score (nSPS) is 10.4. The van der Waals surface area contributed by atoms with Crippen LogP contribution in [0.15, 0.2) is 24.5 Å². The van der Waals surface area contributed by atoms with Gasteiger partial charge in [-0.3, -0.25) is 0 Å². The largest absolute Gasteiger partial charge is 0.465 e. The molecule has 6 nitrogen and oxygen atoms in total. The zero-order valence-corrected chi connectivity index (χ0v) is 12.0. The number of anilines is 1. The van der Waals surface area contributed by atoms with Crippen molar-refractivity contribution in [3.05, 3.63) is 41.7 Å². The lowest BCUT2D eigenvalue weighted by Crippen LogP contribution is -2.10. The van der Waals surface area contributed by atoms with E-state index in [-0.39, 0.29) is 11.3 Å². The molecule has 0 atom stereocenters. The van der Waals surface area contributed by atoms with E-state index in [1.807, 2.05) is 4.57 Å². The number of carbonyl (C=O) groups is 1. The van der Waals surface area contributed by atoms with E-state index in [0.717, 1.165) is 13.0 Å². The number of methoxy groups -OCH3 is 1. The van der Waals surface area contributed by atoms with Crippen LogP contribution in [0.25, 0.3) is 0 Å². The van der Waals surface area contributed by atoms with Gasteiger partial charge in [0.1, 0.15) is 12.1 Å². The van der Waals surface area contributed by atoms with E-state index >= 15 is 0 Å². The van der Waals surface area contributed by atoms with Crippen LogP contribution in [0.3, 0.4) is 0 Å². The fourth-order valence-electron chi connectivity index (χ4n) is 1.92. The Hall–Kier alpha value is -2.44. The van der Waals surface area contributed by atoms with Crippen LogP contribution in [0.5, 0.6) is 0 Å². The van der Waals surface area contributed by atoms with Crippen molar-refractivity contribution < 1.29 is 13.9 Å². The number of aromatic nitrogens is 3. The highest BCUT2D eigenvalue weighted by Gasteiger charge is 2.11. The van der Waals surface area contributed by atoms with Crippen molar-refractivity contribution in [1.29, 1.82) is 0 Å². The molecule has 0 spiro atoms. The summed E-state index contributed by atoms with van der Waals surface area (Å²) >= 11 is 0. The second-order valence-corrected chi connectivity index (χ2v) is 4.48. The van der Waals surface area contributed by atoms with E-state index in [1.165, 1.54) is 25.3 Å². The number of rotatable bonds is 6. The second-order valence-electron chi connectivity index (χ2n) is 4.48. The lowest BCUT2D eigenvalue weighted by Gasteiger charge is -2.09. The predicted molar refractivity (Wildman–Crippen MR) is 75.4 cm³/mol. The van der Waals surface area contributed by atoms with Crippen molar-refractivity contribution >= 4 is 11.7 Å². The molecule has 1 N–H and O–H groups in total. The molecule has 0 bridgehead atoms. The Morgan fingerprint density at radius 1 is 1.48 bits per heavy atom. The predicted octanol–water partition coefficient (Wildman–Crippen LogP) is 2.23. The Kier molecular flexibility index (Phi) is 4.86. The molecule has 0 aliphatic heterocycles. The summed E-state index contributed by atoms with van der Waals surface area (Å²) in [5.41, 5.74) is 0.514. The highest BCUT2D eigenvalue weighted by molar-refractivity contribution is 5.90. The van der Waals surface area contributed by atoms with Gasteiger partial charge >= 0.3 is 5.97 Å². The third-order valence-electron chi connectivity index (χ3n) is 2.98. The number of benzene rings is 1. The summed E-state index contributed by atoms with van der Waals surface area (Å²) in [5, 5.41) is 10.8. The summed E-state index contributed by atoms with van der Waals surface area (Å²) in [5.74, 6) is -0.240. The van der Waals surface area contributed by atoms with Crippen molar-refractivity contribution in [2.45, 2.75) is 26.4 Å². The molecule has 7 heteroatoms. The van der Waals surface area contributed by atoms with Crippen LogP contribution in [-0.4, -0.2) is 27.8 Å². The number of ether oxygens (including phenoxy) is 1. The van der Waals surface area contributed by atoms with Crippen molar-refractivity contribution in [2.24, 2.45) is 0 Å². The molecule has 2 rings (SSSR count). The van der Waals surface area contributed by atoms with Crippen molar-refractivity contribution in [3.63, 3.8) is 0 Å². The molecule has 1 heterocycles. The maximum Gasteiger partial charge on any atom is 0.337 e. The van der Waals surface area contributed by atoms with Gasteiger partial charge in [0.25, 0.3) is 0 Å². The number of nitrogens with zero attached hydrogens (tertiary/aromatic N) is 3. The molecule has 0 aliphatic rings. The van der Waals surface area contributed by atoms with Crippen LogP contribution in [0.2, 0.25) is 0 Å². The highest BCUT2D eigenvalue weighted by atomic mass is 19.1. The Bertz CT molecular complexity index is 627. The lowest BCUT2D eigenvalue weighted by atomic mass is 10.2. The number of aryl methyl sites for hydroxylation is 1. The lowest BCUT2D eigenvalue weighted by molar-refractivity contribution is 0.0600. The highest BCUT2D eigenvalue weighted by Crippen LogP contribution is 2.17. The van der Waals surface area contributed by atoms with Gasteiger partial charge in [0, 0.05) is 6.54 Å². The Morgan fingerprint density at radius 2 is 2.29 bits per heavy atom. The van der Waals surface area contributed by atoms with Crippen LogP contribution in [0.4, 0.5) is 10.1 Å². The first-order valence-corrected chi connectivity index (χ1v) is 6.64. The fraction of sp³-hybridized carbons (Fsp3) is 0.357. The zero-order valence-electron chi connectivity index (χ0n) is 12.0. The number of halogens is 1. The topological polar surface area (TPSA) is 69.0 Å². The van der Waals surface area contributed by atoms with Gasteiger partial charge in [-0.15, -0.1) is 10.2 Å². The monoisotopic (exact) mass is 292 g/mol. The molecule has 1 aromatic heterocycles. The first-order chi connectivity index (χ1) is 10.2. The van der Waals surface area contributed by atoms with E-state index in [4.69, 9.17) is 0 Å². The molecule has 0 aliphatic carbocycles. The number of esters is 1. The van der Waals surface area contributed by atoms with Crippen LogP contribution in [0.1, 0.15) is 29.5 Å².